The molecule has 1 heterocycles. The van der Waals surface area contributed by atoms with Gasteiger partial charge in [-0.3, -0.25) is 4.79 Å². The van der Waals surface area contributed by atoms with Crippen LogP contribution < -0.4 is 5.32 Å². The van der Waals surface area contributed by atoms with Crippen LogP contribution in [0.1, 0.15) is 52.1 Å². The van der Waals surface area contributed by atoms with Gasteiger partial charge in [0.2, 0.25) is 11.6 Å². The van der Waals surface area contributed by atoms with Gasteiger partial charge in [-0.05, 0) is 45.0 Å². The summed E-state index contributed by atoms with van der Waals surface area (Å²) in [5.41, 5.74) is 0.149. The van der Waals surface area contributed by atoms with Gasteiger partial charge in [0, 0.05) is 5.69 Å². The Bertz CT molecular complexity index is 921. The normalized spacial score (nSPS) is 10.2. The van der Waals surface area contributed by atoms with E-state index in [0.29, 0.717) is 11.3 Å². The van der Waals surface area contributed by atoms with E-state index < -0.39 is 30.4 Å². The fourth-order valence-corrected chi connectivity index (χ4v) is 2.40. The van der Waals surface area contributed by atoms with E-state index in [1.54, 1.807) is 20.8 Å². The van der Waals surface area contributed by atoms with Gasteiger partial charge < -0.3 is 19.5 Å². The first kappa shape index (κ1) is 22.5. The third-order valence-electron chi connectivity index (χ3n) is 3.65. The molecule has 1 amide bonds. The maximum absolute atomic E-state index is 12.4. The first-order chi connectivity index (χ1) is 14.4. The van der Waals surface area contributed by atoms with Crippen LogP contribution >= 0.6 is 0 Å². The summed E-state index contributed by atoms with van der Waals surface area (Å²) in [5.74, 6) is -2.70. The number of hydrogen-bond acceptors (Lipinski definition) is 9. The molecule has 11 nitrogen and oxygen atoms in total. The number of rotatable bonds is 9. The number of esters is 3. The van der Waals surface area contributed by atoms with E-state index in [1.165, 1.54) is 24.3 Å². The summed E-state index contributed by atoms with van der Waals surface area (Å²) < 4.78 is 15.6. The molecule has 0 radical (unpaired) electrons. The molecule has 0 bridgehead atoms. The second-order valence-corrected chi connectivity index (χ2v) is 5.73. The molecule has 0 atom stereocenters. The summed E-state index contributed by atoms with van der Waals surface area (Å²) in [5, 5.41) is 9.96. The van der Waals surface area contributed by atoms with Gasteiger partial charge in [-0.2, -0.15) is 0 Å². The number of hydrogen-bond donors (Lipinski definition) is 1. The molecule has 0 aliphatic rings. The molecule has 1 N–H and O–H groups in total. The molecule has 0 saturated heterocycles. The highest BCUT2D eigenvalue weighted by molar-refractivity contribution is 6.01. The zero-order chi connectivity index (χ0) is 22.1. The fourth-order valence-electron chi connectivity index (χ4n) is 2.40. The number of carbonyl (C=O) groups excluding carboxylic acids is 4. The lowest BCUT2D eigenvalue weighted by atomic mass is 10.2. The Hall–Kier alpha value is -3.76. The number of nitrogens with zero attached hydrogens (tertiary/aromatic N) is 3. The van der Waals surface area contributed by atoms with Gasteiger partial charge in [0.15, 0.2) is 5.69 Å². The zero-order valence-corrected chi connectivity index (χ0v) is 16.8. The molecule has 0 spiro atoms. The number of ether oxygens (including phenoxy) is 3. The molecule has 30 heavy (non-hydrogen) atoms. The smallest absolute Gasteiger partial charge is 0.361 e. The summed E-state index contributed by atoms with van der Waals surface area (Å²) in [4.78, 5) is 48.3. The number of nitrogens with one attached hydrogen (secondary N) is 1. The monoisotopic (exact) mass is 418 g/mol. The first-order valence-electron chi connectivity index (χ1n) is 9.25. The second-order valence-electron chi connectivity index (χ2n) is 5.73. The van der Waals surface area contributed by atoms with E-state index in [2.05, 4.69) is 15.6 Å². The lowest BCUT2D eigenvalue weighted by molar-refractivity contribution is -0.117. The van der Waals surface area contributed by atoms with E-state index in [9.17, 15) is 19.2 Å². The van der Waals surface area contributed by atoms with Crippen molar-refractivity contribution in [1.82, 2.24) is 15.0 Å². The van der Waals surface area contributed by atoms with E-state index in [4.69, 9.17) is 14.2 Å². The van der Waals surface area contributed by atoms with Gasteiger partial charge in [-0.15, -0.1) is 5.10 Å². The highest BCUT2D eigenvalue weighted by Crippen LogP contribution is 2.13. The fraction of sp³-hybridized carbons (Fsp3) is 0.368. The van der Waals surface area contributed by atoms with Crippen molar-refractivity contribution in [3.8, 4) is 0 Å². The molecule has 0 aliphatic carbocycles. The SMILES string of the molecule is CCOC(=O)c1ccc(NC(=O)Cn2nnc(C(=O)OCC)c2C(=O)OCC)cc1. The third kappa shape index (κ3) is 5.63. The molecule has 160 valence electrons. The minimum atomic E-state index is -0.850. The van der Waals surface area contributed by atoms with Gasteiger partial charge in [0.05, 0.1) is 25.4 Å². The summed E-state index contributed by atoms with van der Waals surface area (Å²) in [6.07, 6.45) is 0. The number of benzene rings is 1. The summed E-state index contributed by atoms with van der Waals surface area (Å²) in [6, 6.07) is 6.07. The van der Waals surface area contributed by atoms with Gasteiger partial charge in [0.25, 0.3) is 0 Å². The minimum absolute atomic E-state index is 0.0608. The molecule has 2 aromatic rings. The van der Waals surface area contributed by atoms with Crippen LogP contribution in [-0.4, -0.2) is 58.6 Å². The van der Waals surface area contributed by atoms with E-state index in [0.717, 1.165) is 4.68 Å². The van der Waals surface area contributed by atoms with Crippen LogP contribution in [-0.2, 0) is 25.5 Å². The van der Waals surface area contributed by atoms with Crippen molar-refractivity contribution in [1.29, 1.82) is 0 Å². The Morgan fingerprint density at radius 2 is 1.43 bits per heavy atom. The van der Waals surface area contributed by atoms with Crippen LogP contribution in [0, 0.1) is 0 Å². The Labute approximate surface area is 172 Å². The van der Waals surface area contributed by atoms with Crippen molar-refractivity contribution in [2.75, 3.05) is 25.1 Å². The Kier molecular flexibility index (Phi) is 8.03. The number of anilines is 1. The van der Waals surface area contributed by atoms with Crippen LogP contribution in [0.2, 0.25) is 0 Å². The number of amides is 1. The molecule has 0 saturated carbocycles. The van der Waals surface area contributed by atoms with E-state index >= 15 is 0 Å². The third-order valence-corrected chi connectivity index (χ3v) is 3.65. The van der Waals surface area contributed by atoms with Crippen LogP contribution in [0.5, 0.6) is 0 Å². The molecule has 2 rings (SSSR count). The average Bonchev–Trinajstić information content (AvgIpc) is 3.12. The summed E-state index contributed by atoms with van der Waals surface area (Å²) in [6.45, 7) is 4.90. The maximum Gasteiger partial charge on any atom is 0.361 e. The minimum Gasteiger partial charge on any atom is -0.462 e. The second kappa shape index (κ2) is 10.7. The van der Waals surface area contributed by atoms with Gasteiger partial charge >= 0.3 is 17.9 Å². The quantitative estimate of drug-likeness (QED) is 0.473. The highest BCUT2D eigenvalue weighted by atomic mass is 16.5. The topological polar surface area (TPSA) is 139 Å². The Morgan fingerprint density at radius 3 is 2.03 bits per heavy atom. The largest absolute Gasteiger partial charge is 0.462 e. The predicted octanol–water partition coefficient (Wildman–Crippen LogP) is 1.45. The molecule has 1 aromatic carbocycles. The van der Waals surface area contributed by atoms with Crippen LogP contribution in [0.15, 0.2) is 24.3 Å². The predicted molar refractivity (Wildman–Crippen MR) is 103 cm³/mol. The van der Waals surface area contributed by atoms with Crippen molar-refractivity contribution in [3.63, 3.8) is 0 Å². The van der Waals surface area contributed by atoms with Crippen molar-refractivity contribution in [2.24, 2.45) is 0 Å². The van der Waals surface area contributed by atoms with Gasteiger partial charge in [-0.25, -0.2) is 19.1 Å². The van der Waals surface area contributed by atoms with Crippen LogP contribution in [0.3, 0.4) is 0 Å². The first-order valence-corrected chi connectivity index (χ1v) is 9.25. The summed E-state index contributed by atoms with van der Waals surface area (Å²) in [7, 11) is 0. The molecule has 11 heteroatoms. The Balaban J connectivity index is 2.15. The van der Waals surface area contributed by atoms with Crippen molar-refractivity contribution in [3.05, 3.63) is 41.2 Å². The number of aromatic nitrogens is 3. The lowest BCUT2D eigenvalue weighted by Crippen LogP contribution is -2.24. The molecular weight excluding hydrogens is 396 g/mol. The molecule has 0 aliphatic heterocycles. The maximum atomic E-state index is 12.4. The highest BCUT2D eigenvalue weighted by Gasteiger charge is 2.28. The van der Waals surface area contributed by atoms with E-state index in [1.807, 2.05) is 0 Å². The zero-order valence-electron chi connectivity index (χ0n) is 16.8. The summed E-state index contributed by atoms with van der Waals surface area (Å²) >= 11 is 0. The van der Waals surface area contributed by atoms with Crippen LogP contribution in [0.4, 0.5) is 5.69 Å². The van der Waals surface area contributed by atoms with Crippen molar-refractivity contribution in [2.45, 2.75) is 27.3 Å². The molecule has 1 aromatic heterocycles. The van der Waals surface area contributed by atoms with E-state index in [-0.39, 0.29) is 31.2 Å². The molecule has 0 unspecified atom stereocenters. The molecule has 0 fully saturated rings. The Morgan fingerprint density at radius 1 is 0.867 bits per heavy atom. The van der Waals surface area contributed by atoms with Crippen molar-refractivity contribution < 1.29 is 33.4 Å². The van der Waals surface area contributed by atoms with Crippen molar-refractivity contribution >= 4 is 29.5 Å². The average molecular weight is 418 g/mol. The standard InChI is InChI=1S/C19H22N4O7/c1-4-28-17(25)12-7-9-13(10-8-12)20-14(24)11-23-16(19(27)30-6-3)15(21-22-23)18(26)29-5-2/h7-10H,4-6,11H2,1-3H3,(H,20,24). The number of carbonyl (C=O) groups is 4. The molecular formula is C19H22N4O7. The van der Waals surface area contributed by atoms with Gasteiger partial charge in [-0.1, -0.05) is 5.21 Å². The lowest BCUT2D eigenvalue weighted by Gasteiger charge is -2.09. The van der Waals surface area contributed by atoms with Gasteiger partial charge in [0.1, 0.15) is 6.54 Å². The van der Waals surface area contributed by atoms with Crippen LogP contribution in [0.25, 0.3) is 0 Å².